The second-order valence-corrected chi connectivity index (χ2v) is 6.70. The Bertz CT molecular complexity index is 898. The van der Waals surface area contributed by atoms with Crippen LogP contribution < -0.4 is 14.8 Å². The van der Waals surface area contributed by atoms with E-state index in [1.54, 1.807) is 11.3 Å². The fourth-order valence-corrected chi connectivity index (χ4v) is 3.71. The summed E-state index contributed by atoms with van der Waals surface area (Å²) in [6, 6.07) is 8.33. The minimum atomic E-state index is 0.308. The minimum Gasteiger partial charge on any atom is -0.454 e. The van der Waals surface area contributed by atoms with Gasteiger partial charge < -0.3 is 19.4 Å². The summed E-state index contributed by atoms with van der Waals surface area (Å²) < 4.78 is 13.2. The number of ether oxygens (including phenoxy) is 2. The zero-order chi connectivity index (χ0) is 16.7. The van der Waals surface area contributed by atoms with Gasteiger partial charge in [0.1, 0.15) is 0 Å². The van der Waals surface area contributed by atoms with Gasteiger partial charge in [-0.2, -0.15) is 0 Å². The molecule has 0 radical (unpaired) electrons. The van der Waals surface area contributed by atoms with Gasteiger partial charge in [-0.15, -0.1) is 11.3 Å². The molecule has 1 aromatic carbocycles. The molecule has 0 bridgehead atoms. The largest absolute Gasteiger partial charge is 0.454 e. The molecule has 0 aliphatic carbocycles. The summed E-state index contributed by atoms with van der Waals surface area (Å²) in [5, 5.41) is 6.13. The normalized spacial score (nSPS) is 12.6. The summed E-state index contributed by atoms with van der Waals surface area (Å²) in [6.07, 6.45) is 0. The van der Waals surface area contributed by atoms with Crippen molar-refractivity contribution in [3.05, 3.63) is 46.6 Å². The van der Waals surface area contributed by atoms with Crippen molar-refractivity contribution in [2.75, 3.05) is 19.2 Å². The SMILES string of the molecule is CNc1nc(-c2cc(C)n(Cc3ccc4c(c3)OCO4)c2C)cs1. The first-order valence-corrected chi connectivity index (χ1v) is 8.72. The summed E-state index contributed by atoms with van der Waals surface area (Å²) in [6.45, 7) is 5.39. The summed E-state index contributed by atoms with van der Waals surface area (Å²) in [4.78, 5) is 4.63. The van der Waals surface area contributed by atoms with Crippen molar-refractivity contribution in [3.63, 3.8) is 0 Å². The van der Waals surface area contributed by atoms with E-state index in [1.807, 2.05) is 13.1 Å². The molecule has 124 valence electrons. The first-order valence-electron chi connectivity index (χ1n) is 7.84. The maximum atomic E-state index is 5.48. The second-order valence-electron chi connectivity index (χ2n) is 5.85. The van der Waals surface area contributed by atoms with E-state index in [0.717, 1.165) is 28.9 Å². The van der Waals surface area contributed by atoms with E-state index in [4.69, 9.17) is 9.47 Å². The number of rotatable bonds is 4. The number of hydrogen-bond acceptors (Lipinski definition) is 5. The maximum Gasteiger partial charge on any atom is 0.231 e. The van der Waals surface area contributed by atoms with Gasteiger partial charge >= 0.3 is 0 Å². The lowest BCUT2D eigenvalue weighted by atomic mass is 10.2. The molecule has 3 heterocycles. The fraction of sp³-hybridized carbons (Fsp3) is 0.278. The lowest BCUT2D eigenvalue weighted by Crippen LogP contribution is -2.04. The van der Waals surface area contributed by atoms with E-state index in [1.165, 1.54) is 22.5 Å². The maximum absolute atomic E-state index is 5.48. The predicted octanol–water partition coefficient (Wildman–Crippen LogP) is 4.05. The van der Waals surface area contributed by atoms with E-state index in [0.29, 0.717) is 6.79 Å². The van der Waals surface area contributed by atoms with E-state index >= 15 is 0 Å². The third kappa shape index (κ3) is 2.53. The molecule has 0 atom stereocenters. The van der Waals surface area contributed by atoms with E-state index in [9.17, 15) is 0 Å². The second kappa shape index (κ2) is 5.87. The van der Waals surface area contributed by atoms with Crippen LogP contribution in [0.5, 0.6) is 11.5 Å². The van der Waals surface area contributed by atoms with Crippen molar-refractivity contribution in [3.8, 4) is 22.8 Å². The zero-order valence-electron chi connectivity index (χ0n) is 13.9. The van der Waals surface area contributed by atoms with Gasteiger partial charge in [0, 0.05) is 35.9 Å². The van der Waals surface area contributed by atoms with Crippen LogP contribution in [-0.2, 0) is 6.54 Å². The Labute approximate surface area is 144 Å². The van der Waals surface area contributed by atoms with Gasteiger partial charge in [-0.3, -0.25) is 0 Å². The molecule has 1 aliphatic rings. The number of nitrogens with zero attached hydrogens (tertiary/aromatic N) is 2. The highest BCUT2D eigenvalue weighted by Gasteiger charge is 2.16. The molecule has 0 unspecified atom stereocenters. The highest BCUT2D eigenvalue weighted by molar-refractivity contribution is 7.14. The molecule has 1 N–H and O–H groups in total. The third-order valence-electron chi connectivity index (χ3n) is 4.35. The van der Waals surface area contributed by atoms with Gasteiger partial charge in [0.15, 0.2) is 16.6 Å². The molecule has 3 aromatic rings. The van der Waals surface area contributed by atoms with Gasteiger partial charge in [-0.05, 0) is 37.6 Å². The molecule has 2 aromatic heterocycles. The fourth-order valence-electron chi connectivity index (χ4n) is 3.04. The zero-order valence-corrected chi connectivity index (χ0v) is 14.7. The van der Waals surface area contributed by atoms with Crippen LogP contribution >= 0.6 is 11.3 Å². The highest BCUT2D eigenvalue weighted by Crippen LogP contribution is 2.34. The number of nitrogens with one attached hydrogen (secondary N) is 1. The van der Waals surface area contributed by atoms with Crippen LogP contribution in [0.4, 0.5) is 5.13 Å². The molecule has 0 saturated carbocycles. The Kier molecular flexibility index (Phi) is 3.69. The van der Waals surface area contributed by atoms with Crippen LogP contribution in [-0.4, -0.2) is 23.4 Å². The van der Waals surface area contributed by atoms with Crippen molar-refractivity contribution in [2.45, 2.75) is 20.4 Å². The first kappa shape index (κ1) is 15.1. The average molecular weight is 341 g/mol. The number of fused-ring (bicyclic) bond motifs is 1. The third-order valence-corrected chi connectivity index (χ3v) is 5.21. The topological polar surface area (TPSA) is 48.3 Å². The van der Waals surface area contributed by atoms with Crippen molar-refractivity contribution in [2.24, 2.45) is 0 Å². The monoisotopic (exact) mass is 341 g/mol. The van der Waals surface area contributed by atoms with Crippen LogP contribution in [0.15, 0.2) is 29.6 Å². The Balaban J connectivity index is 1.66. The summed E-state index contributed by atoms with van der Waals surface area (Å²) in [7, 11) is 1.89. The Morgan fingerprint density at radius 3 is 2.83 bits per heavy atom. The Morgan fingerprint density at radius 1 is 1.21 bits per heavy atom. The van der Waals surface area contributed by atoms with Crippen LogP contribution in [0.3, 0.4) is 0 Å². The standard InChI is InChI=1S/C18H19N3O2S/c1-11-6-14(15-9-24-18(19-3)20-15)12(2)21(11)8-13-4-5-16-17(7-13)23-10-22-16/h4-7,9H,8,10H2,1-3H3,(H,19,20). The molecule has 0 amide bonds. The van der Waals surface area contributed by atoms with Crippen LogP contribution in [0, 0.1) is 13.8 Å². The highest BCUT2D eigenvalue weighted by atomic mass is 32.1. The lowest BCUT2D eigenvalue weighted by molar-refractivity contribution is 0.174. The summed E-state index contributed by atoms with van der Waals surface area (Å²) in [5.41, 5.74) is 5.85. The first-order chi connectivity index (χ1) is 11.7. The molecule has 0 spiro atoms. The van der Waals surface area contributed by atoms with Crippen molar-refractivity contribution < 1.29 is 9.47 Å². The minimum absolute atomic E-state index is 0.308. The average Bonchev–Trinajstić information content (AvgIpc) is 3.29. The molecular formula is C18H19N3O2S. The molecule has 4 rings (SSSR count). The molecule has 24 heavy (non-hydrogen) atoms. The number of hydrogen-bond donors (Lipinski definition) is 1. The number of aryl methyl sites for hydroxylation is 1. The lowest BCUT2D eigenvalue weighted by Gasteiger charge is -2.10. The van der Waals surface area contributed by atoms with Crippen molar-refractivity contribution in [1.82, 2.24) is 9.55 Å². The van der Waals surface area contributed by atoms with E-state index in [2.05, 4.69) is 52.3 Å². The van der Waals surface area contributed by atoms with Crippen LogP contribution in [0.1, 0.15) is 17.0 Å². The Hall–Kier alpha value is -2.47. The molecule has 1 aliphatic heterocycles. The number of benzene rings is 1. The quantitative estimate of drug-likeness (QED) is 0.778. The molecule has 5 nitrogen and oxygen atoms in total. The van der Waals surface area contributed by atoms with Crippen molar-refractivity contribution in [1.29, 1.82) is 0 Å². The van der Waals surface area contributed by atoms with Gasteiger partial charge in [0.25, 0.3) is 0 Å². The van der Waals surface area contributed by atoms with Crippen molar-refractivity contribution >= 4 is 16.5 Å². The van der Waals surface area contributed by atoms with Crippen LogP contribution in [0.25, 0.3) is 11.3 Å². The molecular weight excluding hydrogens is 322 g/mol. The van der Waals surface area contributed by atoms with Gasteiger partial charge in [0.05, 0.1) is 5.69 Å². The Morgan fingerprint density at radius 2 is 2.04 bits per heavy atom. The molecule has 0 fully saturated rings. The van der Waals surface area contributed by atoms with Gasteiger partial charge in [-0.1, -0.05) is 6.07 Å². The van der Waals surface area contributed by atoms with E-state index < -0.39 is 0 Å². The van der Waals surface area contributed by atoms with Crippen LogP contribution in [0.2, 0.25) is 0 Å². The number of aromatic nitrogens is 2. The summed E-state index contributed by atoms with van der Waals surface area (Å²) >= 11 is 1.62. The van der Waals surface area contributed by atoms with Gasteiger partial charge in [-0.25, -0.2) is 4.98 Å². The number of thiazole rings is 1. The molecule has 6 heteroatoms. The smallest absolute Gasteiger partial charge is 0.231 e. The molecule has 0 saturated heterocycles. The summed E-state index contributed by atoms with van der Waals surface area (Å²) in [5.74, 6) is 1.65. The van der Waals surface area contributed by atoms with Gasteiger partial charge in [0.2, 0.25) is 6.79 Å². The number of anilines is 1. The van der Waals surface area contributed by atoms with E-state index in [-0.39, 0.29) is 0 Å². The predicted molar refractivity (Wildman–Crippen MR) is 96.2 cm³/mol.